The summed E-state index contributed by atoms with van der Waals surface area (Å²) >= 11 is 8.28. The van der Waals surface area contributed by atoms with Gasteiger partial charge < -0.3 is 15.6 Å². The molecule has 0 radical (unpaired) electrons. The Bertz CT molecular complexity index is 653. The molecule has 1 fully saturated rings. The summed E-state index contributed by atoms with van der Waals surface area (Å²) in [6, 6.07) is 4.32. The molecule has 1 aromatic carbocycles. The van der Waals surface area contributed by atoms with E-state index in [1.807, 2.05) is 17.8 Å². The molecule has 0 saturated carbocycles. The molecule has 6 heteroatoms. The van der Waals surface area contributed by atoms with Crippen LogP contribution in [-0.4, -0.2) is 34.3 Å². The van der Waals surface area contributed by atoms with Crippen LogP contribution in [-0.2, 0) is 0 Å². The van der Waals surface area contributed by atoms with Crippen LogP contribution < -0.4 is 10.6 Å². The number of halogens is 1. The number of anilines is 1. The number of benzene rings is 1. The molecule has 3 rings (SSSR count). The number of hydrogen-bond acceptors (Lipinski definition) is 4. The van der Waals surface area contributed by atoms with Crippen molar-refractivity contribution in [2.45, 2.75) is 49.6 Å². The Balaban J connectivity index is 1.89. The molecule has 120 valence electrons. The second kappa shape index (κ2) is 6.69. The van der Waals surface area contributed by atoms with E-state index in [0.29, 0.717) is 5.25 Å². The number of aromatic nitrogens is 2. The Hall–Kier alpha value is -0.910. The van der Waals surface area contributed by atoms with Gasteiger partial charge in [-0.15, -0.1) is 0 Å². The largest absolute Gasteiger partial charge is 0.369 e. The standard InChI is InChI=1S/C16H23ClN4S/c1-3-11(4-2)22-16-19-13-7-12(17)15(8-14(13)20-16)21-6-5-10(18)9-21/h7-8,10-11H,3-6,9,18H2,1-2H3,(H,19,20). The molecule has 2 aromatic rings. The monoisotopic (exact) mass is 338 g/mol. The zero-order valence-corrected chi connectivity index (χ0v) is 14.7. The van der Waals surface area contributed by atoms with Crippen LogP contribution in [0, 0.1) is 0 Å². The van der Waals surface area contributed by atoms with E-state index in [1.54, 1.807) is 0 Å². The van der Waals surface area contributed by atoms with Crippen LogP contribution in [0.1, 0.15) is 33.1 Å². The first kappa shape index (κ1) is 16.0. The molecule has 22 heavy (non-hydrogen) atoms. The van der Waals surface area contributed by atoms with Crippen LogP contribution in [0.2, 0.25) is 5.02 Å². The van der Waals surface area contributed by atoms with E-state index < -0.39 is 0 Å². The van der Waals surface area contributed by atoms with Gasteiger partial charge in [0.2, 0.25) is 0 Å². The van der Waals surface area contributed by atoms with Crippen molar-refractivity contribution in [3.05, 3.63) is 17.2 Å². The van der Waals surface area contributed by atoms with Gasteiger partial charge in [0.1, 0.15) is 0 Å². The molecule has 0 spiro atoms. The Kier molecular flexibility index (Phi) is 4.85. The lowest BCUT2D eigenvalue weighted by atomic mass is 10.2. The zero-order valence-electron chi connectivity index (χ0n) is 13.1. The number of aromatic amines is 1. The maximum atomic E-state index is 6.46. The van der Waals surface area contributed by atoms with Crippen LogP contribution in [0.5, 0.6) is 0 Å². The van der Waals surface area contributed by atoms with Gasteiger partial charge >= 0.3 is 0 Å². The number of imidazole rings is 1. The fourth-order valence-corrected chi connectivity index (χ4v) is 4.17. The summed E-state index contributed by atoms with van der Waals surface area (Å²) in [5.41, 5.74) is 9.04. The highest BCUT2D eigenvalue weighted by Crippen LogP contribution is 2.34. The highest BCUT2D eigenvalue weighted by Gasteiger charge is 2.22. The van der Waals surface area contributed by atoms with Gasteiger partial charge in [-0.05, 0) is 31.4 Å². The number of fused-ring (bicyclic) bond motifs is 1. The third-order valence-electron chi connectivity index (χ3n) is 4.28. The van der Waals surface area contributed by atoms with Crippen molar-refractivity contribution in [2.75, 3.05) is 18.0 Å². The highest BCUT2D eigenvalue weighted by molar-refractivity contribution is 7.99. The van der Waals surface area contributed by atoms with Crippen molar-refractivity contribution in [1.29, 1.82) is 0 Å². The molecular formula is C16H23ClN4S. The fourth-order valence-electron chi connectivity index (χ4n) is 2.91. The lowest BCUT2D eigenvalue weighted by Gasteiger charge is -2.19. The number of rotatable bonds is 5. The summed E-state index contributed by atoms with van der Waals surface area (Å²) < 4.78 is 0. The molecule has 1 atom stereocenters. The van der Waals surface area contributed by atoms with Crippen molar-refractivity contribution >= 4 is 40.1 Å². The molecule has 1 aliphatic rings. The smallest absolute Gasteiger partial charge is 0.166 e. The number of nitrogens with one attached hydrogen (secondary N) is 1. The van der Waals surface area contributed by atoms with Gasteiger partial charge in [0, 0.05) is 24.4 Å². The minimum absolute atomic E-state index is 0.243. The van der Waals surface area contributed by atoms with E-state index >= 15 is 0 Å². The van der Waals surface area contributed by atoms with E-state index in [1.165, 1.54) is 0 Å². The lowest BCUT2D eigenvalue weighted by molar-refractivity contribution is 0.752. The van der Waals surface area contributed by atoms with Gasteiger partial charge in [-0.2, -0.15) is 0 Å². The summed E-state index contributed by atoms with van der Waals surface area (Å²) in [5, 5.41) is 2.35. The zero-order chi connectivity index (χ0) is 15.7. The average molecular weight is 339 g/mol. The molecule has 1 unspecified atom stereocenters. The molecule has 1 aliphatic heterocycles. The van der Waals surface area contributed by atoms with Crippen molar-refractivity contribution in [3.8, 4) is 0 Å². The number of thioether (sulfide) groups is 1. The molecular weight excluding hydrogens is 316 g/mol. The van der Waals surface area contributed by atoms with Gasteiger partial charge in [0.15, 0.2) is 5.16 Å². The lowest BCUT2D eigenvalue weighted by Crippen LogP contribution is -2.26. The normalized spacial score (nSPS) is 18.8. The molecule has 4 nitrogen and oxygen atoms in total. The summed E-state index contributed by atoms with van der Waals surface area (Å²) in [6.45, 7) is 6.27. The van der Waals surface area contributed by atoms with Gasteiger partial charge in [0.05, 0.1) is 21.7 Å². The third kappa shape index (κ3) is 3.21. The summed E-state index contributed by atoms with van der Waals surface area (Å²) in [7, 11) is 0. The van der Waals surface area contributed by atoms with Crippen molar-refractivity contribution < 1.29 is 0 Å². The van der Waals surface area contributed by atoms with E-state index in [4.69, 9.17) is 22.3 Å². The van der Waals surface area contributed by atoms with Crippen LogP contribution in [0.3, 0.4) is 0 Å². The number of hydrogen-bond donors (Lipinski definition) is 2. The average Bonchev–Trinajstić information content (AvgIpc) is 3.09. The Morgan fingerprint density at radius 2 is 2.23 bits per heavy atom. The van der Waals surface area contributed by atoms with Crippen molar-refractivity contribution in [1.82, 2.24) is 9.97 Å². The van der Waals surface area contributed by atoms with Crippen LogP contribution in [0.25, 0.3) is 11.0 Å². The van der Waals surface area contributed by atoms with Gasteiger partial charge in [-0.3, -0.25) is 0 Å². The van der Waals surface area contributed by atoms with Crippen molar-refractivity contribution in [3.63, 3.8) is 0 Å². The number of nitrogens with two attached hydrogens (primary N) is 1. The molecule has 3 N–H and O–H groups in total. The maximum absolute atomic E-state index is 6.46. The van der Waals surface area contributed by atoms with E-state index in [2.05, 4.69) is 29.8 Å². The van der Waals surface area contributed by atoms with Gasteiger partial charge in [-0.1, -0.05) is 37.2 Å². The minimum atomic E-state index is 0.243. The number of nitrogens with zero attached hydrogens (tertiary/aromatic N) is 2. The van der Waals surface area contributed by atoms with E-state index in [9.17, 15) is 0 Å². The Morgan fingerprint density at radius 3 is 2.86 bits per heavy atom. The first-order valence-electron chi connectivity index (χ1n) is 7.97. The third-order valence-corrected chi connectivity index (χ3v) is 6.00. The molecule has 0 aliphatic carbocycles. The van der Waals surface area contributed by atoms with E-state index in [-0.39, 0.29) is 6.04 Å². The van der Waals surface area contributed by atoms with Crippen LogP contribution in [0.4, 0.5) is 5.69 Å². The summed E-state index contributed by atoms with van der Waals surface area (Å²) in [4.78, 5) is 10.4. The SMILES string of the molecule is CCC(CC)Sc1nc2cc(N3CCC(N)C3)c(Cl)cc2[nH]1. The minimum Gasteiger partial charge on any atom is -0.369 e. The molecule has 0 bridgehead atoms. The summed E-state index contributed by atoms with van der Waals surface area (Å²) in [6.07, 6.45) is 3.32. The number of H-pyrrole nitrogens is 1. The second-order valence-corrected chi connectivity index (χ2v) is 7.61. The van der Waals surface area contributed by atoms with Crippen LogP contribution >= 0.6 is 23.4 Å². The first-order valence-corrected chi connectivity index (χ1v) is 9.22. The van der Waals surface area contributed by atoms with Crippen molar-refractivity contribution in [2.24, 2.45) is 5.73 Å². The molecule has 1 aromatic heterocycles. The predicted molar refractivity (Wildman–Crippen MR) is 96.1 cm³/mol. The Labute approximate surface area is 140 Å². The Morgan fingerprint density at radius 1 is 1.45 bits per heavy atom. The van der Waals surface area contributed by atoms with Crippen LogP contribution in [0.15, 0.2) is 17.3 Å². The van der Waals surface area contributed by atoms with Gasteiger partial charge in [-0.25, -0.2) is 4.98 Å². The predicted octanol–water partition coefficient (Wildman–Crippen LogP) is 4.03. The maximum Gasteiger partial charge on any atom is 0.166 e. The second-order valence-electron chi connectivity index (χ2n) is 5.91. The molecule has 0 amide bonds. The first-order chi connectivity index (χ1) is 10.6. The topological polar surface area (TPSA) is 57.9 Å². The van der Waals surface area contributed by atoms with E-state index in [0.717, 1.165) is 59.3 Å². The highest BCUT2D eigenvalue weighted by atomic mass is 35.5. The molecule has 1 saturated heterocycles. The fraction of sp³-hybridized carbons (Fsp3) is 0.562. The van der Waals surface area contributed by atoms with Gasteiger partial charge in [0.25, 0.3) is 0 Å². The molecule has 2 heterocycles. The quantitative estimate of drug-likeness (QED) is 0.808. The summed E-state index contributed by atoms with van der Waals surface area (Å²) in [5.74, 6) is 0.